The van der Waals surface area contributed by atoms with E-state index in [0.29, 0.717) is 26.5 Å². The second kappa shape index (κ2) is 7.34. The maximum absolute atomic E-state index is 9.15. The molecule has 0 unspecified atom stereocenters. The minimum atomic E-state index is -0.492. The summed E-state index contributed by atoms with van der Waals surface area (Å²) in [6.07, 6.45) is 0. The molecule has 1 aromatic heterocycles. The topological polar surface area (TPSA) is 3.88 Å². The molecule has 0 bridgehead atoms. The second-order valence-corrected chi connectivity index (χ2v) is 7.93. The first kappa shape index (κ1) is 10.7. The minimum absolute atomic E-state index is 0.0135. The Morgan fingerprint density at radius 3 is 2.39 bits per heavy atom. The molecule has 0 aliphatic carbocycles. The summed E-state index contributed by atoms with van der Waals surface area (Å²) >= 11 is 4.48. The van der Waals surface area contributed by atoms with Gasteiger partial charge in [-0.15, -0.1) is 4.57 Å². The number of rotatable bonds is 3. The number of thiazole rings is 1. The number of nitrogens with zero attached hydrogens (tertiary/aromatic N) is 1. The van der Waals surface area contributed by atoms with Crippen LogP contribution in [0.3, 0.4) is 0 Å². The predicted octanol–water partition coefficient (Wildman–Crippen LogP) is 7.27. The summed E-state index contributed by atoms with van der Waals surface area (Å²) < 4.78 is 70.8. The lowest BCUT2D eigenvalue weighted by atomic mass is 10.1. The van der Waals surface area contributed by atoms with Gasteiger partial charge in [0, 0.05) is 22.6 Å². The van der Waals surface area contributed by atoms with Crippen molar-refractivity contribution in [2.45, 2.75) is 0 Å². The quantitative estimate of drug-likeness (QED) is 0.254. The van der Waals surface area contributed by atoms with Crippen LogP contribution in [0.5, 0.6) is 0 Å². The van der Waals surface area contributed by atoms with Gasteiger partial charge in [-0.25, -0.2) is 0 Å². The number of fused-ring (bicyclic) bond motifs is 1. The summed E-state index contributed by atoms with van der Waals surface area (Å²) in [4.78, 5) is 0. The van der Waals surface area contributed by atoms with Gasteiger partial charge in [-0.3, -0.25) is 0 Å². The Hall–Kier alpha value is -2.75. The van der Waals surface area contributed by atoms with Crippen LogP contribution in [0.4, 0.5) is 0 Å². The van der Waals surface area contributed by atoms with Gasteiger partial charge in [0.2, 0.25) is 11.2 Å². The molecule has 0 saturated carbocycles. The molecule has 5 aromatic rings. The van der Waals surface area contributed by atoms with Crippen LogP contribution in [0.15, 0.2) is 107 Å². The lowest BCUT2D eigenvalue weighted by Gasteiger charge is -2.03. The summed E-state index contributed by atoms with van der Waals surface area (Å²) in [5, 5.41) is 0.293. The van der Waals surface area contributed by atoms with Gasteiger partial charge in [-0.1, -0.05) is 81.8 Å². The van der Waals surface area contributed by atoms with Crippen LogP contribution in [-0.4, -0.2) is 0 Å². The molecule has 5 rings (SSSR count). The molecule has 0 fully saturated rings. The highest BCUT2D eigenvalue weighted by Gasteiger charge is 2.24. The van der Waals surface area contributed by atoms with Gasteiger partial charge in [0.1, 0.15) is 4.70 Å². The van der Waals surface area contributed by atoms with E-state index in [1.165, 1.54) is 0 Å². The number of halogens is 1. The number of aromatic nitrogens is 1. The number of hydrogen-bond donors (Lipinski definition) is 0. The fraction of sp³-hybridized carbons (Fsp3) is 0. The van der Waals surface area contributed by atoms with E-state index in [1.807, 2.05) is 12.1 Å². The fourth-order valence-corrected chi connectivity index (χ4v) is 4.42. The van der Waals surface area contributed by atoms with Gasteiger partial charge < -0.3 is 0 Å². The van der Waals surface area contributed by atoms with Crippen LogP contribution in [-0.2, 0) is 0 Å². The summed E-state index contributed by atoms with van der Waals surface area (Å²) in [5.74, 6) is 0. The summed E-state index contributed by atoms with van der Waals surface area (Å²) in [5.41, 5.74) is 1.81. The third-order valence-electron chi connectivity index (χ3n) is 4.23. The SMILES string of the molecule is [2H]c1c([2H])c([2H])c(-c2sc3c([2H])c([2H])c(-c4cccc(Br)c4)c([2H])c3[n+]2-c2ccccc2)c([2H])c1[2H]. The molecule has 0 atom stereocenters. The minimum Gasteiger partial charge on any atom is -0.143 e. The first-order chi connectivity index (χ1) is 17.1. The third-order valence-corrected chi connectivity index (χ3v) is 5.80. The largest absolute Gasteiger partial charge is 0.275 e. The summed E-state index contributed by atoms with van der Waals surface area (Å²) in [6.45, 7) is 0. The maximum Gasteiger partial charge on any atom is 0.275 e. The van der Waals surface area contributed by atoms with Crippen LogP contribution in [0.1, 0.15) is 11.0 Å². The van der Waals surface area contributed by atoms with E-state index in [9.17, 15) is 0 Å². The van der Waals surface area contributed by atoms with Gasteiger partial charge in [0.15, 0.2) is 0 Å². The van der Waals surface area contributed by atoms with Crippen molar-refractivity contribution < 1.29 is 15.5 Å². The zero-order valence-corrected chi connectivity index (χ0v) is 16.8. The standard InChI is InChI=1S/C25H17BrNS/c26-21-11-7-10-19(16-21)20-14-15-24-23(17-20)27(22-12-5-2-6-13-22)25(28-24)18-8-3-1-4-9-18/h1-17H/q+1/i1D,3D,4D,8D,9D,14D,15D,17D. The first-order valence-electron chi connectivity index (χ1n) is 12.5. The molecule has 28 heavy (non-hydrogen) atoms. The molecular formula is C25H17BrNS+. The molecule has 1 nitrogen and oxygen atoms in total. The normalized spacial score (nSPS) is 15.0. The molecule has 134 valence electrons. The van der Waals surface area contributed by atoms with Crippen LogP contribution < -0.4 is 4.57 Å². The molecule has 4 aromatic carbocycles. The van der Waals surface area contributed by atoms with Crippen molar-refractivity contribution in [1.82, 2.24) is 0 Å². The Labute approximate surface area is 187 Å². The molecule has 3 heteroatoms. The molecule has 0 N–H and O–H groups in total. The monoisotopic (exact) mass is 450 g/mol. The van der Waals surface area contributed by atoms with E-state index in [0.717, 1.165) is 15.8 Å². The predicted molar refractivity (Wildman–Crippen MR) is 122 cm³/mol. The van der Waals surface area contributed by atoms with Crippen molar-refractivity contribution in [2.24, 2.45) is 0 Å². The number of hydrogen-bond acceptors (Lipinski definition) is 1. The molecule has 0 radical (unpaired) electrons. The molecule has 1 heterocycles. The van der Waals surface area contributed by atoms with Gasteiger partial charge in [0.05, 0.1) is 16.5 Å². The molecule has 0 aliphatic heterocycles. The van der Waals surface area contributed by atoms with Crippen molar-refractivity contribution >= 4 is 37.5 Å². The molecule has 0 aliphatic rings. The van der Waals surface area contributed by atoms with Gasteiger partial charge in [0.25, 0.3) is 5.01 Å². The van der Waals surface area contributed by atoms with E-state index in [-0.39, 0.29) is 41.3 Å². The van der Waals surface area contributed by atoms with Gasteiger partial charge in [-0.05, 0) is 41.4 Å². The number of para-hydroxylation sites is 1. The first-order valence-corrected chi connectivity index (χ1v) is 10.1. The highest BCUT2D eigenvalue weighted by atomic mass is 79.9. The zero-order valence-electron chi connectivity index (χ0n) is 22.4. The van der Waals surface area contributed by atoms with Crippen molar-refractivity contribution in [3.8, 4) is 27.4 Å². The van der Waals surface area contributed by atoms with E-state index in [2.05, 4.69) is 15.9 Å². The smallest absolute Gasteiger partial charge is 0.143 e. The van der Waals surface area contributed by atoms with E-state index < -0.39 is 18.1 Å². The Balaban J connectivity index is 1.99. The van der Waals surface area contributed by atoms with E-state index in [4.69, 9.17) is 11.0 Å². The zero-order chi connectivity index (χ0) is 25.9. The Kier molecular flexibility index (Phi) is 2.81. The Morgan fingerprint density at radius 2 is 1.61 bits per heavy atom. The van der Waals surface area contributed by atoms with Crippen LogP contribution in [0, 0.1) is 0 Å². The lowest BCUT2D eigenvalue weighted by molar-refractivity contribution is -0.550. The average molecular weight is 451 g/mol. The van der Waals surface area contributed by atoms with Crippen molar-refractivity contribution in [3.63, 3.8) is 0 Å². The van der Waals surface area contributed by atoms with Crippen LogP contribution >= 0.6 is 27.3 Å². The Bertz CT molecular complexity index is 1660. The van der Waals surface area contributed by atoms with Gasteiger partial charge in [-0.2, -0.15) is 0 Å². The molecule has 0 spiro atoms. The highest BCUT2D eigenvalue weighted by Crippen LogP contribution is 2.33. The fourth-order valence-electron chi connectivity index (χ4n) is 2.99. The van der Waals surface area contributed by atoms with Crippen molar-refractivity contribution in [2.75, 3.05) is 0 Å². The molecular weight excluding hydrogens is 426 g/mol. The van der Waals surface area contributed by atoms with Gasteiger partial charge >= 0.3 is 0 Å². The van der Waals surface area contributed by atoms with Crippen molar-refractivity contribution in [1.29, 1.82) is 0 Å². The summed E-state index contributed by atoms with van der Waals surface area (Å²) in [7, 11) is 0. The van der Waals surface area contributed by atoms with E-state index in [1.54, 1.807) is 47.0 Å². The maximum atomic E-state index is 9.15. The summed E-state index contributed by atoms with van der Waals surface area (Å²) in [6, 6.07) is 13.9. The van der Waals surface area contributed by atoms with Crippen LogP contribution in [0.2, 0.25) is 0 Å². The Morgan fingerprint density at radius 1 is 0.786 bits per heavy atom. The molecule has 0 amide bonds. The second-order valence-electron chi connectivity index (χ2n) is 6.02. The highest BCUT2D eigenvalue weighted by molar-refractivity contribution is 9.10. The average Bonchev–Trinajstić information content (AvgIpc) is 3.26. The molecule has 0 saturated heterocycles. The lowest BCUT2D eigenvalue weighted by Crippen LogP contribution is -2.31. The van der Waals surface area contributed by atoms with Crippen LogP contribution in [0.25, 0.3) is 37.6 Å². The van der Waals surface area contributed by atoms with Crippen molar-refractivity contribution in [3.05, 3.63) is 107 Å². The third kappa shape index (κ3) is 3.17. The van der Waals surface area contributed by atoms with E-state index >= 15 is 0 Å². The number of benzene rings is 4.